The molecule has 0 saturated heterocycles. The number of aryl methyl sites for hydroxylation is 1. The van der Waals surface area contributed by atoms with E-state index in [2.05, 4.69) is 16.7 Å². The Hall–Kier alpha value is -1.71. The van der Waals surface area contributed by atoms with E-state index in [9.17, 15) is 4.79 Å². The summed E-state index contributed by atoms with van der Waals surface area (Å²) >= 11 is 0. The van der Waals surface area contributed by atoms with E-state index in [-0.39, 0.29) is 11.9 Å². The largest absolute Gasteiger partial charge is 0.479 e. The summed E-state index contributed by atoms with van der Waals surface area (Å²) in [6, 6.07) is 6.19. The van der Waals surface area contributed by atoms with Gasteiger partial charge in [0.25, 0.3) is 5.91 Å². The summed E-state index contributed by atoms with van der Waals surface area (Å²) in [6.07, 6.45) is 2.63. The van der Waals surface area contributed by atoms with Gasteiger partial charge < -0.3 is 15.4 Å². The molecule has 0 spiro atoms. The van der Waals surface area contributed by atoms with Gasteiger partial charge in [-0.3, -0.25) is 4.79 Å². The second-order valence-electron chi connectivity index (χ2n) is 5.40. The zero-order chi connectivity index (χ0) is 14.5. The van der Waals surface area contributed by atoms with Gasteiger partial charge in [0.1, 0.15) is 5.75 Å². The third-order valence-electron chi connectivity index (χ3n) is 3.71. The molecule has 1 aromatic carbocycles. The van der Waals surface area contributed by atoms with Crippen molar-refractivity contribution in [1.82, 2.24) is 5.32 Å². The highest BCUT2D eigenvalue weighted by molar-refractivity contribution is 5.81. The average Bonchev–Trinajstić information content (AvgIpc) is 2.47. The lowest BCUT2D eigenvalue weighted by Gasteiger charge is -2.23. The molecule has 20 heavy (non-hydrogen) atoms. The first-order valence-electron chi connectivity index (χ1n) is 7.44. The molecular weight excluding hydrogens is 252 g/mol. The number of para-hydroxylation sites is 1. The van der Waals surface area contributed by atoms with Gasteiger partial charge in [0.15, 0.2) is 6.10 Å². The number of fused-ring (bicyclic) bond motifs is 1. The van der Waals surface area contributed by atoms with E-state index in [1.165, 1.54) is 5.56 Å². The predicted molar refractivity (Wildman–Crippen MR) is 81.2 cm³/mol. The van der Waals surface area contributed by atoms with E-state index in [0.717, 1.165) is 37.2 Å². The number of nitrogens with one attached hydrogen (secondary N) is 2. The molecule has 1 heterocycles. The van der Waals surface area contributed by atoms with E-state index in [1.807, 2.05) is 26.0 Å². The number of anilines is 1. The number of benzene rings is 1. The Kier molecular flexibility index (Phi) is 4.88. The van der Waals surface area contributed by atoms with Crippen molar-refractivity contribution in [2.24, 2.45) is 0 Å². The zero-order valence-corrected chi connectivity index (χ0v) is 12.5. The van der Waals surface area contributed by atoms with Gasteiger partial charge >= 0.3 is 0 Å². The SMILES string of the molecule is CCC(C)NC(=O)C(C)Oc1cccc2c1NCCC2. The summed E-state index contributed by atoms with van der Waals surface area (Å²) in [5.41, 5.74) is 2.31. The number of rotatable bonds is 5. The van der Waals surface area contributed by atoms with Gasteiger partial charge in [-0.15, -0.1) is 0 Å². The van der Waals surface area contributed by atoms with E-state index >= 15 is 0 Å². The van der Waals surface area contributed by atoms with Crippen LogP contribution in [-0.2, 0) is 11.2 Å². The fraction of sp³-hybridized carbons (Fsp3) is 0.562. The van der Waals surface area contributed by atoms with Crippen molar-refractivity contribution in [2.75, 3.05) is 11.9 Å². The van der Waals surface area contributed by atoms with Gasteiger partial charge in [0.05, 0.1) is 5.69 Å². The highest BCUT2D eigenvalue weighted by atomic mass is 16.5. The minimum Gasteiger partial charge on any atom is -0.479 e. The fourth-order valence-electron chi connectivity index (χ4n) is 2.28. The summed E-state index contributed by atoms with van der Waals surface area (Å²) in [5.74, 6) is 0.710. The molecular formula is C16H24N2O2. The molecule has 2 atom stereocenters. The number of hydrogen-bond acceptors (Lipinski definition) is 3. The highest BCUT2D eigenvalue weighted by Gasteiger charge is 2.19. The summed E-state index contributed by atoms with van der Waals surface area (Å²) in [6.45, 7) is 6.80. The minimum atomic E-state index is -0.487. The number of amides is 1. The quantitative estimate of drug-likeness (QED) is 0.869. The molecule has 1 aliphatic heterocycles. The highest BCUT2D eigenvalue weighted by Crippen LogP contribution is 2.32. The Labute approximate surface area is 120 Å². The monoisotopic (exact) mass is 276 g/mol. The van der Waals surface area contributed by atoms with Crippen LogP contribution in [0, 0.1) is 0 Å². The first-order chi connectivity index (χ1) is 9.61. The lowest BCUT2D eigenvalue weighted by atomic mass is 10.0. The molecule has 2 unspecified atom stereocenters. The van der Waals surface area contributed by atoms with Crippen molar-refractivity contribution in [3.05, 3.63) is 23.8 Å². The molecule has 1 aliphatic rings. The van der Waals surface area contributed by atoms with Crippen LogP contribution in [0.15, 0.2) is 18.2 Å². The molecule has 2 N–H and O–H groups in total. The molecule has 0 saturated carbocycles. The number of hydrogen-bond donors (Lipinski definition) is 2. The summed E-state index contributed by atoms with van der Waals surface area (Å²) in [4.78, 5) is 12.0. The van der Waals surface area contributed by atoms with Crippen LogP contribution in [0.5, 0.6) is 5.75 Å². The number of carbonyl (C=O) groups is 1. The van der Waals surface area contributed by atoms with Crippen molar-refractivity contribution in [2.45, 2.75) is 52.2 Å². The van der Waals surface area contributed by atoms with Crippen LogP contribution < -0.4 is 15.4 Å². The second-order valence-corrected chi connectivity index (χ2v) is 5.40. The van der Waals surface area contributed by atoms with Crippen molar-refractivity contribution in [3.8, 4) is 5.75 Å². The Morgan fingerprint density at radius 3 is 3.00 bits per heavy atom. The first kappa shape index (κ1) is 14.7. The Balaban J connectivity index is 2.04. The Morgan fingerprint density at radius 2 is 2.25 bits per heavy atom. The van der Waals surface area contributed by atoms with Crippen molar-refractivity contribution < 1.29 is 9.53 Å². The molecule has 110 valence electrons. The maximum absolute atomic E-state index is 12.0. The number of carbonyl (C=O) groups excluding carboxylic acids is 1. The van der Waals surface area contributed by atoms with Gasteiger partial charge in [-0.1, -0.05) is 19.1 Å². The summed E-state index contributed by atoms with van der Waals surface area (Å²) < 4.78 is 5.85. The van der Waals surface area contributed by atoms with Crippen LogP contribution >= 0.6 is 0 Å². The first-order valence-corrected chi connectivity index (χ1v) is 7.44. The van der Waals surface area contributed by atoms with E-state index in [4.69, 9.17) is 4.74 Å². The summed E-state index contributed by atoms with van der Waals surface area (Å²) in [7, 11) is 0. The maximum atomic E-state index is 12.0. The molecule has 0 aliphatic carbocycles. The van der Waals surface area contributed by atoms with Crippen LogP contribution in [0.3, 0.4) is 0 Å². The van der Waals surface area contributed by atoms with Crippen molar-refractivity contribution in [1.29, 1.82) is 0 Å². The van der Waals surface area contributed by atoms with Crippen LogP contribution in [-0.4, -0.2) is 24.6 Å². The molecule has 0 fully saturated rings. The van der Waals surface area contributed by atoms with Gasteiger partial charge in [-0.05, 0) is 44.7 Å². The third kappa shape index (κ3) is 3.44. The lowest BCUT2D eigenvalue weighted by Crippen LogP contribution is -2.41. The van der Waals surface area contributed by atoms with Crippen LogP contribution in [0.1, 0.15) is 39.2 Å². The van der Waals surface area contributed by atoms with Gasteiger partial charge in [-0.2, -0.15) is 0 Å². The predicted octanol–water partition coefficient (Wildman–Crippen LogP) is 2.73. The summed E-state index contributed by atoms with van der Waals surface area (Å²) in [5, 5.41) is 6.32. The van der Waals surface area contributed by atoms with Crippen LogP contribution in [0.25, 0.3) is 0 Å². The van der Waals surface area contributed by atoms with Gasteiger partial charge in [-0.25, -0.2) is 0 Å². The van der Waals surface area contributed by atoms with E-state index in [0.29, 0.717) is 0 Å². The van der Waals surface area contributed by atoms with E-state index < -0.39 is 6.10 Å². The Morgan fingerprint density at radius 1 is 1.45 bits per heavy atom. The maximum Gasteiger partial charge on any atom is 0.260 e. The molecule has 0 aromatic heterocycles. The second kappa shape index (κ2) is 6.64. The molecule has 2 rings (SSSR count). The average molecular weight is 276 g/mol. The standard InChI is InChI=1S/C16H24N2O2/c1-4-11(2)18-16(19)12(3)20-14-9-5-7-13-8-6-10-17-15(13)14/h5,7,9,11-12,17H,4,6,8,10H2,1-3H3,(H,18,19). The third-order valence-corrected chi connectivity index (χ3v) is 3.71. The smallest absolute Gasteiger partial charge is 0.260 e. The minimum absolute atomic E-state index is 0.0623. The molecule has 4 nitrogen and oxygen atoms in total. The molecule has 0 radical (unpaired) electrons. The fourth-order valence-corrected chi connectivity index (χ4v) is 2.28. The molecule has 0 bridgehead atoms. The van der Waals surface area contributed by atoms with Crippen LogP contribution in [0.2, 0.25) is 0 Å². The van der Waals surface area contributed by atoms with Gasteiger partial charge in [0.2, 0.25) is 0 Å². The van der Waals surface area contributed by atoms with Gasteiger partial charge in [0, 0.05) is 12.6 Å². The number of ether oxygens (including phenoxy) is 1. The van der Waals surface area contributed by atoms with Crippen molar-refractivity contribution >= 4 is 11.6 Å². The van der Waals surface area contributed by atoms with Crippen LogP contribution in [0.4, 0.5) is 5.69 Å². The van der Waals surface area contributed by atoms with E-state index in [1.54, 1.807) is 6.92 Å². The molecule has 1 aromatic rings. The zero-order valence-electron chi connectivity index (χ0n) is 12.5. The molecule has 4 heteroatoms. The molecule has 1 amide bonds. The lowest BCUT2D eigenvalue weighted by molar-refractivity contribution is -0.127. The Bertz CT molecular complexity index is 474. The van der Waals surface area contributed by atoms with Crippen molar-refractivity contribution in [3.63, 3.8) is 0 Å². The normalized spacial score (nSPS) is 16.6. The topological polar surface area (TPSA) is 50.4 Å².